The Hall–Kier alpha value is -3.67. The summed E-state index contributed by atoms with van der Waals surface area (Å²) in [6.45, 7) is 6.27. The van der Waals surface area contributed by atoms with Gasteiger partial charge in [-0.1, -0.05) is 19.9 Å². The highest BCUT2D eigenvalue weighted by molar-refractivity contribution is 5.89. The van der Waals surface area contributed by atoms with Gasteiger partial charge in [0.2, 0.25) is 0 Å². The smallest absolute Gasteiger partial charge is 0.164 e. The zero-order chi connectivity index (χ0) is 21.1. The van der Waals surface area contributed by atoms with Gasteiger partial charge in [-0.05, 0) is 66.9 Å². The number of hydrogen-bond acceptors (Lipinski definition) is 6. The third-order valence-corrected chi connectivity index (χ3v) is 4.79. The number of anilines is 2. The van der Waals surface area contributed by atoms with Gasteiger partial charge in [-0.25, -0.2) is 15.0 Å². The molecule has 4 aromatic rings. The third kappa shape index (κ3) is 4.17. The topological polar surface area (TPSA) is 69.2 Å². The van der Waals surface area contributed by atoms with E-state index < -0.39 is 0 Å². The zero-order valence-corrected chi connectivity index (χ0v) is 17.5. The SMILES string of the molecule is COc1ccc(Oc2ccc(C)cc2Nc2ncnc3nc(C(C)C)ccc23)cc1. The second kappa shape index (κ2) is 8.37. The molecule has 0 saturated carbocycles. The van der Waals surface area contributed by atoms with Crippen LogP contribution in [0.15, 0.2) is 60.9 Å². The van der Waals surface area contributed by atoms with Crippen molar-refractivity contribution in [2.75, 3.05) is 12.4 Å². The fourth-order valence-corrected chi connectivity index (χ4v) is 3.11. The molecule has 0 spiro atoms. The Bertz CT molecular complexity index is 1170. The van der Waals surface area contributed by atoms with Crippen LogP contribution < -0.4 is 14.8 Å². The summed E-state index contributed by atoms with van der Waals surface area (Å²) in [5.74, 6) is 3.23. The van der Waals surface area contributed by atoms with Crippen molar-refractivity contribution in [2.45, 2.75) is 26.7 Å². The van der Waals surface area contributed by atoms with E-state index in [0.717, 1.165) is 33.8 Å². The maximum absolute atomic E-state index is 6.12. The minimum absolute atomic E-state index is 0.335. The molecule has 1 N–H and O–H groups in total. The predicted octanol–water partition coefficient (Wildman–Crippen LogP) is 6.00. The standard InChI is InChI=1S/C24H24N4O2/c1-15(2)20-11-10-19-23(27-20)25-14-26-24(19)28-21-13-16(3)5-12-22(21)30-18-8-6-17(29-4)7-9-18/h5-15H,1-4H3,(H,25,26,27,28). The summed E-state index contributed by atoms with van der Waals surface area (Å²) in [6, 6.07) is 17.5. The van der Waals surface area contributed by atoms with Crippen LogP contribution in [-0.4, -0.2) is 22.1 Å². The molecule has 0 amide bonds. The van der Waals surface area contributed by atoms with Gasteiger partial charge in [0.05, 0.1) is 18.2 Å². The first-order valence-electron chi connectivity index (χ1n) is 9.84. The van der Waals surface area contributed by atoms with Gasteiger partial charge in [0.15, 0.2) is 11.4 Å². The van der Waals surface area contributed by atoms with Crippen LogP contribution in [0.2, 0.25) is 0 Å². The summed E-state index contributed by atoms with van der Waals surface area (Å²) in [6.07, 6.45) is 1.53. The van der Waals surface area contributed by atoms with Gasteiger partial charge in [0, 0.05) is 5.69 Å². The van der Waals surface area contributed by atoms with Crippen molar-refractivity contribution >= 4 is 22.5 Å². The van der Waals surface area contributed by atoms with E-state index in [0.29, 0.717) is 23.1 Å². The lowest BCUT2D eigenvalue weighted by Crippen LogP contribution is -2.01. The van der Waals surface area contributed by atoms with Crippen molar-refractivity contribution in [3.63, 3.8) is 0 Å². The first-order chi connectivity index (χ1) is 14.5. The molecule has 2 aromatic heterocycles. The third-order valence-electron chi connectivity index (χ3n) is 4.79. The maximum Gasteiger partial charge on any atom is 0.164 e. The number of pyridine rings is 1. The molecule has 2 aromatic carbocycles. The van der Waals surface area contributed by atoms with Crippen LogP contribution >= 0.6 is 0 Å². The van der Waals surface area contributed by atoms with Crippen LogP contribution in [0.4, 0.5) is 11.5 Å². The minimum atomic E-state index is 0.335. The van der Waals surface area contributed by atoms with Crippen molar-refractivity contribution in [3.05, 3.63) is 72.2 Å². The molecule has 30 heavy (non-hydrogen) atoms. The maximum atomic E-state index is 6.12. The number of benzene rings is 2. The minimum Gasteiger partial charge on any atom is -0.497 e. The van der Waals surface area contributed by atoms with Gasteiger partial charge in [-0.2, -0.15) is 0 Å². The molecule has 0 bridgehead atoms. The molecule has 0 saturated heterocycles. The number of nitrogens with zero attached hydrogens (tertiary/aromatic N) is 3. The second-order valence-corrected chi connectivity index (χ2v) is 7.39. The molecule has 4 rings (SSSR count). The molecule has 0 radical (unpaired) electrons. The van der Waals surface area contributed by atoms with Gasteiger partial charge in [0.1, 0.15) is 23.6 Å². The fourth-order valence-electron chi connectivity index (χ4n) is 3.11. The molecule has 2 heterocycles. The molecule has 6 heteroatoms. The van der Waals surface area contributed by atoms with E-state index >= 15 is 0 Å². The van der Waals surface area contributed by atoms with Crippen LogP contribution in [0.1, 0.15) is 31.0 Å². The average Bonchev–Trinajstić information content (AvgIpc) is 2.76. The molecule has 0 aliphatic carbocycles. The molecule has 0 aliphatic heterocycles. The highest BCUT2D eigenvalue weighted by Gasteiger charge is 2.12. The van der Waals surface area contributed by atoms with Crippen LogP contribution in [0, 0.1) is 6.92 Å². The molecule has 0 fully saturated rings. The molecule has 6 nitrogen and oxygen atoms in total. The van der Waals surface area contributed by atoms with E-state index in [-0.39, 0.29) is 0 Å². The Morgan fingerprint density at radius 2 is 1.67 bits per heavy atom. The fraction of sp³-hybridized carbons (Fsp3) is 0.208. The molecule has 0 atom stereocenters. The summed E-state index contributed by atoms with van der Waals surface area (Å²) < 4.78 is 11.3. The van der Waals surface area contributed by atoms with Crippen molar-refractivity contribution < 1.29 is 9.47 Å². The monoisotopic (exact) mass is 400 g/mol. The van der Waals surface area contributed by atoms with E-state index in [1.807, 2.05) is 61.5 Å². The summed E-state index contributed by atoms with van der Waals surface area (Å²) in [4.78, 5) is 13.5. The highest BCUT2D eigenvalue weighted by Crippen LogP contribution is 2.34. The van der Waals surface area contributed by atoms with Crippen molar-refractivity contribution in [1.82, 2.24) is 15.0 Å². The van der Waals surface area contributed by atoms with Gasteiger partial charge in [-0.15, -0.1) is 0 Å². The van der Waals surface area contributed by atoms with E-state index in [1.54, 1.807) is 7.11 Å². The summed E-state index contributed by atoms with van der Waals surface area (Å²) in [5, 5.41) is 4.27. The Morgan fingerprint density at radius 1 is 0.900 bits per heavy atom. The van der Waals surface area contributed by atoms with Crippen molar-refractivity contribution in [1.29, 1.82) is 0 Å². The quantitative estimate of drug-likeness (QED) is 0.428. The summed E-state index contributed by atoms with van der Waals surface area (Å²) in [7, 11) is 1.64. The Labute approximate surface area is 175 Å². The van der Waals surface area contributed by atoms with Crippen LogP contribution in [0.3, 0.4) is 0 Å². The molecule has 152 valence electrons. The summed E-state index contributed by atoms with van der Waals surface area (Å²) in [5.41, 5.74) is 3.60. The number of aryl methyl sites for hydroxylation is 1. The second-order valence-electron chi connectivity index (χ2n) is 7.39. The van der Waals surface area contributed by atoms with Gasteiger partial charge < -0.3 is 14.8 Å². The van der Waals surface area contributed by atoms with Gasteiger partial charge in [-0.3, -0.25) is 0 Å². The van der Waals surface area contributed by atoms with Gasteiger partial charge in [0.25, 0.3) is 0 Å². The van der Waals surface area contributed by atoms with Crippen molar-refractivity contribution in [2.24, 2.45) is 0 Å². The number of aromatic nitrogens is 3. The number of methoxy groups -OCH3 is 1. The van der Waals surface area contributed by atoms with E-state index in [2.05, 4.69) is 34.1 Å². The molecular weight excluding hydrogens is 376 g/mol. The first-order valence-corrected chi connectivity index (χ1v) is 9.84. The normalized spacial score (nSPS) is 11.0. The first kappa shape index (κ1) is 19.6. The Morgan fingerprint density at radius 3 is 2.40 bits per heavy atom. The van der Waals surface area contributed by atoms with Gasteiger partial charge >= 0.3 is 0 Å². The van der Waals surface area contributed by atoms with Crippen LogP contribution in [0.5, 0.6) is 17.2 Å². The van der Waals surface area contributed by atoms with Crippen molar-refractivity contribution in [3.8, 4) is 17.2 Å². The Kier molecular flexibility index (Phi) is 5.48. The highest BCUT2D eigenvalue weighted by atomic mass is 16.5. The number of nitrogens with one attached hydrogen (secondary N) is 1. The molecule has 0 aliphatic rings. The van der Waals surface area contributed by atoms with Crippen LogP contribution in [-0.2, 0) is 0 Å². The summed E-state index contributed by atoms with van der Waals surface area (Å²) >= 11 is 0. The number of ether oxygens (including phenoxy) is 2. The largest absolute Gasteiger partial charge is 0.497 e. The number of fused-ring (bicyclic) bond motifs is 1. The molecule has 0 unspecified atom stereocenters. The van der Waals surface area contributed by atoms with E-state index in [4.69, 9.17) is 9.47 Å². The lowest BCUT2D eigenvalue weighted by Gasteiger charge is -2.15. The average molecular weight is 400 g/mol. The zero-order valence-electron chi connectivity index (χ0n) is 17.5. The molecular formula is C24H24N4O2. The Balaban J connectivity index is 1.68. The number of rotatable bonds is 6. The predicted molar refractivity (Wildman–Crippen MR) is 119 cm³/mol. The van der Waals surface area contributed by atoms with Crippen LogP contribution in [0.25, 0.3) is 11.0 Å². The lowest BCUT2D eigenvalue weighted by molar-refractivity contribution is 0.413. The van der Waals surface area contributed by atoms with E-state index in [9.17, 15) is 0 Å². The number of hydrogen-bond donors (Lipinski definition) is 1. The lowest BCUT2D eigenvalue weighted by atomic mass is 10.1. The van der Waals surface area contributed by atoms with E-state index in [1.165, 1.54) is 6.33 Å².